The Kier molecular flexibility index (Phi) is 5.75. The van der Waals surface area contributed by atoms with Crippen molar-refractivity contribution in [3.63, 3.8) is 0 Å². The Labute approximate surface area is 203 Å². The maximum Gasteiger partial charge on any atom is 0.356 e. The average molecular weight is 470 g/mol. The van der Waals surface area contributed by atoms with E-state index < -0.39 is 5.97 Å². The lowest BCUT2D eigenvalue weighted by atomic mass is 9.90. The maximum absolute atomic E-state index is 11.7. The fraction of sp³-hybridized carbons (Fsp3) is 0.333. The molecule has 8 nitrogen and oxygen atoms in total. The highest BCUT2D eigenvalue weighted by atomic mass is 16.5. The first-order valence-electron chi connectivity index (χ1n) is 12.1. The molecule has 1 aromatic carbocycles. The molecule has 2 aliphatic rings. The van der Waals surface area contributed by atoms with Gasteiger partial charge in [0.15, 0.2) is 0 Å². The Bertz CT molecular complexity index is 1390. The van der Waals surface area contributed by atoms with E-state index >= 15 is 0 Å². The average Bonchev–Trinajstić information content (AvgIpc) is 3.32. The van der Waals surface area contributed by atoms with Gasteiger partial charge in [0.1, 0.15) is 5.69 Å². The lowest BCUT2D eigenvalue weighted by molar-refractivity contribution is 0.0594. The molecule has 0 aliphatic carbocycles. The first-order chi connectivity index (χ1) is 17.2. The Morgan fingerprint density at radius 1 is 1.14 bits per heavy atom. The van der Waals surface area contributed by atoms with Crippen LogP contribution in [0.3, 0.4) is 0 Å². The van der Waals surface area contributed by atoms with Crippen LogP contribution in [0.2, 0.25) is 0 Å². The predicted octanol–water partition coefficient (Wildman–Crippen LogP) is 3.81. The van der Waals surface area contributed by atoms with Gasteiger partial charge in [0.25, 0.3) is 0 Å². The number of methoxy groups -OCH3 is 1. The summed E-state index contributed by atoms with van der Waals surface area (Å²) in [6, 6.07) is 11.9. The van der Waals surface area contributed by atoms with Crippen molar-refractivity contribution in [3.05, 3.63) is 71.4 Å². The molecule has 0 bridgehead atoms. The van der Waals surface area contributed by atoms with Gasteiger partial charge in [0.05, 0.1) is 29.9 Å². The molecule has 4 aromatic rings. The summed E-state index contributed by atoms with van der Waals surface area (Å²) in [5.74, 6) is -0.00916. The number of hydrogen-bond acceptors (Lipinski definition) is 7. The van der Waals surface area contributed by atoms with Crippen LogP contribution < -0.4 is 5.32 Å². The minimum absolute atomic E-state index is 0.275. The maximum atomic E-state index is 11.7. The van der Waals surface area contributed by atoms with Crippen LogP contribution in [-0.4, -0.2) is 52.6 Å². The van der Waals surface area contributed by atoms with Crippen LogP contribution in [0.1, 0.15) is 46.2 Å². The number of pyridine rings is 2. The summed E-state index contributed by atoms with van der Waals surface area (Å²) >= 11 is 0. The molecule has 0 unspecified atom stereocenters. The van der Waals surface area contributed by atoms with Crippen LogP contribution in [0.4, 0.5) is 0 Å². The van der Waals surface area contributed by atoms with E-state index in [2.05, 4.69) is 39.2 Å². The van der Waals surface area contributed by atoms with Crippen molar-refractivity contribution in [1.29, 1.82) is 0 Å². The number of carbonyl (C=O) groups is 1. The van der Waals surface area contributed by atoms with E-state index in [-0.39, 0.29) is 5.69 Å². The highest BCUT2D eigenvalue weighted by Crippen LogP contribution is 2.36. The van der Waals surface area contributed by atoms with Gasteiger partial charge in [-0.1, -0.05) is 12.1 Å². The molecule has 0 atom stereocenters. The number of ether oxygens (including phenoxy) is 2. The fourth-order valence-electron chi connectivity index (χ4n) is 5.19. The predicted molar refractivity (Wildman–Crippen MR) is 132 cm³/mol. The van der Waals surface area contributed by atoms with Crippen molar-refractivity contribution >= 4 is 16.7 Å². The van der Waals surface area contributed by atoms with E-state index in [4.69, 9.17) is 19.6 Å². The smallest absolute Gasteiger partial charge is 0.356 e. The molecular formula is C27H27N5O3. The lowest BCUT2D eigenvalue weighted by Crippen LogP contribution is -2.24. The molecule has 8 heteroatoms. The summed E-state index contributed by atoms with van der Waals surface area (Å²) < 4.78 is 12.6. The third kappa shape index (κ3) is 3.98. The lowest BCUT2D eigenvalue weighted by Gasteiger charge is -2.25. The van der Waals surface area contributed by atoms with E-state index in [1.54, 1.807) is 12.3 Å². The monoisotopic (exact) mass is 469 g/mol. The summed E-state index contributed by atoms with van der Waals surface area (Å²) in [7, 11) is 1.35. The van der Waals surface area contributed by atoms with Gasteiger partial charge in [-0.05, 0) is 61.0 Å². The third-order valence-electron chi connectivity index (χ3n) is 6.98. The highest BCUT2D eigenvalue weighted by molar-refractivity contribution is 5.92. The van der Waals surface area contributed by atoms with Crippen LogP contribution in [0.25, 0.3) is 27.7 Å². The van der Waals surface area contributed by atoms with Gasteiger partial charge in [-0.15, -0.1) is 0 Å². The standard InChI is InChI=1S/C27H27N5O3/c1-34-27(33)22-6-5-19(14-29-22)23-13-18-3-2-4-25(21(18)15-30-23)32-26(17-8-11-35-12-9-17)20-7-10-28-16-24(20)31-32/h2-6,13-15,17,28H,7-12,16H2,1H3. The summed E-state index contributed by atoms with van der Waals surface area (Å²) in [6.07, 6.45) is 6.62. The number of nitrogens with zero attached hydrogens (tertiary/aromatic N) is 4. The molecule has 0 amide bonds. The van der Waals surface area contributed by atoms with E-state index in [9.17, 15) is 4.79 Å². The van der Waals surface area contributed by atoms with Gasteiger partial charge in [-0.25, -0.2) is 14.5 Å². The number of nitrogens with one attached hydrogen (secondary N) is 1. The minimum Gasteiger partial charge on any atom is -0.464 e. The zero-order valence-electron chi connectivity index (χ0n) is 19.7. The van der Waals surface area contributed by atoms with Crippen LogP contribution >= 0.6 is 0 Å². The van der Waals surface area contributed by atoms with Crippen molar-refractivity contribution < 1.29 is 14.3 Å². The van der Waals surface area contributed by atoms with Gasteiger partial charge in [0.2, 0.25) is 0 Å². The van der Waals surface area contributed by atoms with Crippen molar-refractivity contribution in [2.24, 2.45) is 0 Å². The number of benzene rings is 1. The Morgan fingerprint density at radius 3 is 2.83 bits per heavy atom. The molecule has 1 saturated heterocycles. The van der Waals surface area contributed by atoms with Gasteiger partial charge in [-0.3, -0.25) is 4.98 Å². The molecule has 35 heavy (non-hydrogen) atoms. The Hall–Kier alpha value is -3.62. The summed E-state index contributed by atoms with van der Waals surface area (Å²) in [5, 5.41) is 10.7. The van der Waals surface area contributed by atoms with Crippen LogP contribution in [0.15, 0.2) is 48.8 Å². The number of esters is 1. The SMILES string of the molecule is COC(=O)c1ccc(-c2cc3cccc(-n4nc5c(c4C4CCOCC4)CCNC5)c3cn2)cn1. The quantitative estimate of drug-likeness (QED) is 0.455. The van der Waals surface area contributed by atoms with Crippen molar-refractivity contribution in [3.8, 4) is 16.9 Å². The van der Waals surface area contributed by atoms with Crippen LogP contribution in [-0.2, 0) is 22.4 Å². The largest absolute Gasteiger partial charge is 0.464 e. The minimum atomic E-state index is -0.454. The number of hydrogen-bond donors (Lipinski definition) is 1. The van der Waals surface area contributed by atoms with Crippen LogP contribution in [0, 0.1) is 0 Å². The van der Waals surface area contributed by atoms with E-state index in [1.165, 1.54) is 18.4 Å². The molecule has 0 saturated carbocycles. The second kappa shape index (κ2) is 9.20. The zero-order chi connectivity index (χ0) is 23.8. The molecule has 3 aromatic heterocycles. The third-order valence-corrected chi connectivity index (χ3v) is 6.98. The Balaban J connectivity index is 1.43. The van der Waals surface area contributed by atoms with Crippen molar-refractivity contribution in [2.45, 2.75) is 31.7 Å². The van der Waals surface area contributed by atoms with Gasteiger partial charge in [-0.2, -0.15) is 5.10 Å². The zero-order valence-corrected chi connectivity index (χ0v) is 19.7. The first kappa shape index (κ1) is 21.9. The Morgan fingerprint density at radius 2 is 2.03 bits per heavy atom. The van der Waals surface area contributed by atoms with E-state index in [0.29, 0.717) is 5.92 Å². The number of fused-ring (bicyclic) bond motifs is 2. The summed E-state index contributed by atoms with van der Waals surface area (Å²) in [4.78, 5) is 20.7. The van der Waals surface area contributed by atoms with Gasteiger partial charge < -0.3 is 14.8 Å². The molecule has 2 aliphatic heterocycles. The molecular weight excluding hydrogens is 442 g/mol. The topological polar surface area (TPSA) is 91.2 Å². The molecule has 0 spiro atoms. The number of aromatic nitrogens is 4. The number of rotatable bonds is 4. The van der Waals surface area contributed by atoms with Crippen LogP contribution in [0.5, 0.6) is 0 Å². The molecule has 0 radical (unpaired) electrons. The highest BCUT2D eigenvalue weighted by Gasteiger charge is 2.29. The first-order valence-corrected chi connectivity index (χ1v) is 12.1. The molecule has 1 fully saturated rings. The van der Waals surface area contributed by atoms with E-state index in [0.717, 1.165) is 79.0 Å². The van der Waals surface area contributed by atoms with E-state index in [1.807, 2.05) is 12.3 Å². The molecule has 1 N–H and O–H groups in total. The molecule has 5 heterocycles. The molecule has 178 valence electrons. The van der Waals surface area contributed by atoms with Crippen molar-refractivity contribution in [2.75, 3.05) is 26.9 Å². The second-order valence-corrected chi connectivity index (χ2v) is 9.03. The molecule has 6 rings (SSSR count). The van der Waals surface area contributed by atoms with Crippen molar-refractivity contribution in [1.82, 2.24) is 25.1 Å². The normalized spacial score (nSPS) is 16.3. The summed E-state index contributed by atoms with van der Waals surface area (Å²) in [5.41, 5.74) is 6.85. The number of carbonyl (C=O) groups excluding carboxylic acids is 1. The van der Waals surface area contributed by atoms with Gasteiger partial charge >= 0.3 is 5.97 Å². The fourth-order valence-corrected chi connectivity index (χ4v) is 5.19. The summed E-state index contributed by atoms with van der Waals surface area (Å²) in [6.45, 7) is 3.39. The second-order valence-electron chi connectivity index (χ2n) is 9.03. The van der Waals surface area contributed by atoms with Gasteiger partial charge in [0, 0.05) is 49.0 Å².